The Morgan fingerprint density at radius 3 is 1.74 bits per heavy atom. The Kier molecular flexibility index (Phi) is 9.01. The van der Waals surface area contributed by atoms with Crippen molar-refractivity contribution in [2.24, 2.45) is 10.7 Å². The molecule has 8 heteroatoms. The minimum Gasteiger partial charge on any atom is -0.469 e. The minimum atomic E-state index is -2.93. The first-order valence-electron chi connectivity index (χ1n) is 9.90. The van der Waals surface area contributed by atoms with E-state index in [0.29, 0.717) is 6.42 Å². The molecule has 0 aromatic heterocycles. The van der Waals surface area contributed by atoms with E-state index in [1.165, 1.54) is 21.3 Å². The van der Waals surface area contributed by atoms with Crippen LogP contribution in [0.2, 0.25) is 0 Å². The van der Waals surface area contributed by atoms with E-state index in [4.69, 9.17) is 14.2 Å². The van der Waals surface area contributed by atoms with Crippen molar-refractivity contribution < 1.29 is 28.6 Å². The summed E-state index contributed by atoms with van der Waals surface area (Å²) >= 11 is 0. The standard InChI is InChI=1S/C23H28NO6P/c1-5-20(19(22(26)29-3)16-21(25)28-2)31(24-23(27)30-4,17-12-8-6-9-13-17)18-14-10-7-11-15-18/h6-15,19-20H,5,16H2,1-4H3/t19-,20-/m1/s1. The molecule has 31 heavy (non-hydrogen) atoms. The average molecular weight is 445 g/mol. The topological polar surface area (TPSA) is 91.3 Å². The number of rotatable bonds is 8. The van der Waals surface area contributed by atoms with Crippen molar-refractivity contribution >= 4 is 35.7 Å². The van der Waals surface area contributed by atoms with Gasteiger partial charge in [-0.2, -0.15) is 4.74 Å². The van der Waals surface area contributed by atoms with E-state index < -0.39 is 36.7 Å². The summed E-state index contributed by atoms with van der Waals surface area (Å²) in [6.07, 6.45) is -0.449. The number of benzene rings is 2. The molecule has 2 aromatic rings. The molecule has 1 amide bonds. The normalized spacial score (nSPS) is 12.9. The van der Waals surface area contributed by atoms with Gasteiger partial charge in [0.05, 0.1) is 33.7 Å². The molecule has 7 nitrogen and oxygen atoms in total. The molecule has 0 unspecified atom stereocenters. The molecule has 0 bridgehead atoms. The molecule has 0 heterocycles. The molecule has 0 aliphatic heterocycles. The molecule has 2 rings (SSSR count). The summed E-state index contributed by atoms with van der Waals surface area (Å²) in [7, 11) is 0.887. The van der Waals surface area contributed by atoms with E-state index in [9.17, 15) is 14.4 Å². The van der Waals surface area contributed by atoms with E-state index >= 15 is 0 Å². The second kappa shape index (κ2) is 11.5. The van der Waals surface area contributed by atoms with Gasteiger partial charge in [-0.3, -0.25) is 9.59 Å². The zero-order chi connectivity index (χ0) is 22.9. The van der Waals surface area contributed by atoms with Gasteiger partial charge >= 0.3 is 18.0 Å². The number of carbonyl (C=O) groups is 3. The van der Waals surface area contributed by atoms with E-state index in [0.717, 1.165) is 10.6 Å². The number of amides is 1. The third-order valence-corrected chi connectivity index (χ3v) is 9.53. The third-order valence-electron chi connectivity index (χ3n) is 5.19. The SMILES string of the molecule is CC[C@H]([C@@H](CC(=O)OC)C(=O)OC)P(=NC(=O)OC)(c1ccccc1)c1ccccc1. The second-order valence-corrected chi connectivity index (χ2v) is 10.1. The van der Waals surface area contributed by atoms with Gasteiger partial charge in [-0.25, -0.2) is 4.79 Å². The van der Waals surface area contributed by atoms with Crippen LogP contribution < -0.4 is 10.6 Å². The predicted octanol–water partition coefficient (Wildman–Crippen LogP) is 3.74. The van der Waals surface area contributed by atoms with Crippen molar-refractivity contribution in [3.63, 3.8) is 0 Å². The summed E-state index contributed by atoms with van der Waals surface area (Å²) < 4.78 is 19.4. The Hall–Kier alpha value is -2.92. The van der Waals surface area contributed by atoms with Crippen LogP contribution in [0, 0.1) is 5.92 Å². The van der Waals surface area contributed by atoms with Crippen LogP contribution >= 0.6 is 7.05 Å². The van der Waals surface area contributed by atoms with Gasteiger partial charge in [0.2, 0.25) is 0 Å². The highest BCUT2D eigenvalue weighted by Crippen LogP contribution is 2.57. The molecule has 0 spiro atoms. The van der Waals surface area contributed by atoms with Crippen molar-refractivity contribution in [1.29, 1.82) is 0 Å². The van der Waals surface area contributed by atoms with Crippen LogP contribution in [-0.4, -0.2) is 45.0 Å². The van der Waals surface area contributed by atoms with E-state index in [1.807, 2.05) is 67.6 Å². The van der Waals surface area contributed by atoms with Crippen LogP contribution in [0.25, 0.3) is 0 Å². The average Bonchev–Trinajstić information content (AvgIpc) is 2.83. The lowest BCUT2D eigenvalue weighted by Gasteiger charge is -2.36. The van der Waals surface area contributed by atoms with Gasteiger partial charge in [0, 0.05) is 12.7 Å². The lowest BCUT2D eigenvalue weighted by atomic mass is 9.99. The molecule has 0 aliphatic rings. The van der Waals surface area contributed by atoms with E-state index in [2.05, 4.69) is 4.74 Å². The van der Waals surface area contributed by atoms with Crippen molar-refractivity contribution in [1.82, 2.24) is 0 Å². The van der Waals surface area contributed by atoms with Crippen molar-refractivity contribution in [3.8, 4) is 0 Å². The Bertz CT molecular complexity index is 902. The monoisotopic (exact) mass is 445 g/mol. The fraction of sp³-hybridized carbons (Fsp3) is 0.348. The molecule has 166 valence electrons. The van der Waals surface area contributed by atoms with Crippen molar-refractivity contribution in [2.75, 3.05) is 21.3 Å². The smallest absolute Gasteiger partial charge is 0.432 e. The summed E-state index contributed by atoms with van der Waals surface area (Å²) in [6.45, 7) is 1.91. The fourth-order valence-electron chi connectivity index (χ4n) is 3.80. The first kappa shape index (κ1) is 24.4. The van der Waals surface area contributed by atoms with E-state index in [-0.39, 0.29) is 6.42 Å². The quantitative estimate of drug-likeness (QED) is 0.349. The number of carbonyl (C=O) groups excluding carboxylic acids is 3. The number of ether oxygens (including phenoxy) is 3. The largest absolute Gasteiger partial charge is 0.469 e. The van der Waals surface area contributed by atoms with Crippen LogP contribution in [0.1, 0.15) is 19.8 Å². The van der Waals surface area contributed by atoms with Crippen LogP contribution in [0.4, 0.5) is 4.79 Å². The van der Waals surface area contributed by atoms with Gasteiger partial charge < -0.3 is 14.2 Å². The Balaban J connectivity index is 2.92. The lowest BCUT2D eigenvalue weighted by Crippen LogP contribution is -2.37. The molecule has 2 atom stereocenters. The minimum absolute atomic E-state index is 0.181. The second-order valence-electron chi connectivity index (χ2n) is 6.81. The van der Waals surface area contributed by atoms with Gasteiger partial charge in [0.15, 0.2) is 0 Å². The summed E-state index contributed by atoms with van der Waals surface area (Å²) in [5.41, 5.74) is -0.497. The Morgan fingerprint density at radius 2 is 1.35 bits per heavy atom. The maximum Gasteiger partial charge on any atom is 0.432 e. The van der Waals surface area contributed by atoms with Crippen LogP contribution in [0.3, 0.4) is 0 Å². The fourth-order valence-corrected chi connectivity index (χ4v) is 8.11. The maximum absolute atomic E-state index is 12.9. The number of hydrogen-bond acceptors (Lipinski definition) is 6. The first-order chi connectivity index (χ1) is 14.9. The highest BCUT2D eigenvalue weighted by molar-refractivity contribution is 7.81. The highest BCUT2D eigenvalue weighted by Gasteiger charge is 2.43. The number of methoxy groups -OCH3 is 3. The zero-order valence-electron chi connectivity index (χ0n) is 18.2. The predicted molar refractivity (Wildman–Crippen MR) is 120 cm³/mol. The van der Waals surface area contributed by atoms with Gasteiger partial charge in [-0.1, -0.05) is 67.6 Å². The van der Waals surface area contributed by atoms with Crippen LogP contribution in [0.5, 0.6) is 0 Å². The summed E-state index contributed by atoms with van der Waals surface area (Å²) in [6, 6.07) is 18.7. The van der Waals surface area contributed by atoms with Gasteiger partial charge in [0.25, 0.3) is 0 Å². The zero-order valence-corrected chi connectivity index (χ0v) is 19.1. The molecular weight excluding hydrogens is 417 g/mol. The first-order valence-corrected chi connectivity index (χ1v) is 11.7. The summed E-state index contributed by atoms with van der Waals surface area (Å²) in [5, 5.41) is 1.61. The molecule has 0 N–H and O–H groups in total. The highest BCUT2D eigenvalue weighted by atomic mass is 31.2. The molecule has 0 saturated carbocycles. The number of nitrogens with zero attached hydrogens (tertiary/aromatic N) is 1. The Morgan fingerprint density at radius 1 is 0.839 bits per heavy atom. The summed E-state index contributed by atoms with van der Waals surface area (Å²) in [5.74, 6) is -1.94. The van der Waals surface area contributed by atoms with Crippen LogP contribution in [0.15, 0.2) is 65.4 Å². The van der Waals surface area contributed by atoms with E-state index in [1.54, 1.807) is 0 Å². The van der Waals surface area contributed by atoms with Gasteiger partial charge in [-0.05, 0) is 17.0 Å². The third kappa shape index (κ3) is 5.42. The van der Waals surface area contributed by atoms with Gasteiger partial charge in [-0.15, -0.1) is 0 Å². The maximum atomic E-state index is 12.9. The Labute approximate surface area is 182 Å². The molecule has 0 radical (unpaired) electrons. The number of esters is 2. The molecular formula is C23H28NO6P. The molecule has 0 fully saturated rings. The van der Waals surface area contributed by atoms with Crippen molar-refractivity contribution in [2.45, 2.75) is 25.4 Å². The summed E-state index contributed by atoms with van der Waals surface area (Å²) in [4.78, 5) is 37.6. The van der Waals surface area contributed by atoms with Crippen molar-refractivity contribution in [3.05, 3.63) is 60.7 Å². The molecule has 0 saturated heterocycles. The lowest BCUT2D eigenvalue weighted by molar-refractivity contribution is -0.152. The number of hydrogen-bond donors (Lipinski definition) is 0. The molecule has 0 aliphatic carbocycles. The van der Waals surface area contributed by atoms with Gasteiger partial charge in [0.1, 0.15) is 0 Å². The molecule has 2 aromatic carbocycles. The van der Waals surface area contributed by atoms with Crippen LogP contribution in [-0.2, 0) is 23.8 Å².